The van der Waals surface area contributed by atoms with E-state index < -0.39 is 11.6 Å². The summed E-state index contributed by atoms with van der Waals surface area (Å²) in [6.45, 7) is 6.21. The maximum Gasteiger partial charge on any atom is 0.226 e. The molecule has 9 nitrogen and oxygen atoms in total. The summed E-state index contributed by atoms with van der Waals surface area (Å²) < 4.78 is 30.0. The van der Waals surface area contributed by atoms with Gasteiger partial charge in [-0.25, -0.2) is 13.5 Å². The number of nitrogens with zero attached hydrogens (tertiary/aromatic N) is 8. The van der Waals surface area contributed by atoms with E-state index in [1.54, 1.807) is 19.2 Å². The summed E-state index contributed by atoms with van der Waals surface area (Å²) in [5.74, 6) is 4.58. The first kappa shape index (κ1) is 20.1. The average Bonchev–Trinajstić information content (AvgIpc) is 3.39. The fourth-order valence-electron chi connectivity index (χ4n) is 3.93. The van der Waals surface area contributed by atoms with E-state index in [-0.39, 0.29) is 5.95 Å². The quantitative estimate of drug-likeness (QED) is 0.484. The Balaban J connectivity index is 1.27. The van der Waals surface area contributed by atoms with E-state index in [1.165, 1.54) is 16.6 Å². The molecule has 11 heteroatoms. The van der Waals surface area contributed by atoms with Crippen molar-refractivity contribution in [3.63, 3.8) is 0 Å². The highest BCUT2D eigenvalue weighted by Crippen LogP contribution is 2.21. The van der Waals surface area contributed by atoms with Crippen LogP contribution in [0.1, 0.15) is 12.7 Å². The summed E-state index contributed by atoms with van der Waals surface area (Å²) in [6, 6.07) is 4.03. The van der Waals surface area contributed by atoms with Crippen LogP contribution in [0.3, 0.4) is 0 Å². The van der Waals surface area contributed by atoms with Gasteiger partial charge in [0.2, 0.25) is 11.8 Å². The molecular formula is C21H21F2N9. The van der Waals surface area contributed by atoms with Gasteiger partial charge in [0.1, 0.15) is 0 Å². The molecule has 5 rings (SSSR count). The molecule has 3 aromatic heterocycles. The van der Waals surface area contributed by atoms with Crippen LogP contribution in [-0.4, -0.2) is 67.0 Å². The first-order valence-electron chi connectivity index (χ1n) is 10.3. The highest BCUT2D eigenvalue weighted by molar-refractivity contribution is 5.89. The van der Waals surface area contributed by atoms with E-state index in [2.05, 4.69) is 41.8 Å². The van der Waals surface area contributed by atoms with Gasteiger partial charge in [-0.05, 0) is 25.0 Å². The van der Waals surface area contributed by atoms with Crippen LogP contribution >= 0.6 is 0 Å². The second-order valence-electron chi connectivity index (χ2n) is 7.55. The molecular weight excluding hydrogens is 416 g/mol. The maximum absolute atomic E-state index is 13.5. The van der Waals surface area contributed by atoms with Gasteiger partial charge < -0.3 is 10.6 Å². The van der Waals surface area contributed by atoms with E-state index in [0.29, 0.717) is 29.4 Å². The molecule has 164 valence electrons. The van der Waals surface area contributed by atoms with Crippen LogP contribution in [0.2, 0.25) is 0 Å². The normalized spacial score (nSPS) is 14.8. The van der Waals surface area contributed by atoms with E-state index in [0.717, 1.165) is 38.1 Å². The highest BCUT2D eigenvalue weighted by Gasteiger charge is 2.20. The molecule has 0 amide bonds. The minimum absolute atomic E-state index is 0.228. The van der Waals surface area contributed by atoms with Crippen molar-refractivity contribution in [1.29, 1.82) is 0 Å². The summed E-state index contributed by atoms with van der Waals surface area (Å²) in [5.41, 5.74) is 8.01. The van der Waals surface area contributed by atoms with Crippen LogP contribution in [0.5, 0.6) is 0 Å². The van der Waals surface area contributed by atoms with Crippen molar-refractivity contribution in [2.45, 2.75) is 13.5 Å². The van der Waals surface area contributed by atoms with Crippen molar-refractivity contribution in [2.24, 2.45) is 0 Å². The molecule has 4 heterocycles. The molecule has 0 atom stereocenters. The van der Waals surface area contributed by atoms with Gasteiger partial charge in [-0.15, -0.1) is 5.10 Å². The number of halogens is 2. The molecule has 1 aliphatic heterocycles. The SMILES string of the molecule is CC#Cc1nc2c3cnn(CCN4CCN(c5ccc(F)c(F)c5)CC4)c3nc(N)n2n1. The van der Waals surface area contributed by atoms with E-state index in [9.17, 15) is 8.78 Å². The molecule has 4 aromatic rings. The number of nitrogen functional groups attached to an aromatic ring is 1. The van der Waals surface area contributed by atoms with Gasteiger partial charge in [0, 0.05) is 44.5 Å². The van der Waals surface area contributed by atoms with Crippen molar-refractivity contribution in [1.82, 2.24) is 34.3 Å². The van der Waals surface area contributed by atoms with Crippen LogP contribution in [0.15, 0.2) is 24.4 Å². The number of nitrogens with two attached hydrogens (primary N) is 1. The van der Waals surface area contributed by atoms with E-state index >= 15 is 0 Å². The van der Waals surface area contributed by atoms with Crippen LogP contribution in [0, 0.1) is 23.5 Å². The van der Waals surface area contributed by atoms with Crippen molar-refractivity contribution in [3.8, 4) is 11.8 Å². The van der Waals surface area contributed by atoms with Crippen molar-refractivity contribution in [2.75, 3.05) is 43.4 Å². The topological polar surface area (TPSA) is 93.4 Å². The largest absolute Gasteiger partial charge is 0.369 e. The predicted molar refractivity (Wildman–Crippen MR) is 116 cm³/mol. The monoisotopic (exact) mass is 437 g/mol. The van der Waals surface area contributed by atoms with Crippen LogP contribution in [-0.2, 0) is 6.54 Å². The summed E-state index contributed by atoms with van der Waals surface area (Å²) in [6.07, 6.45) is 1.72. The van der Waals surface area contributed by atoms with Crippen LogP contribution < -0.4 is 10.6 Å². The average molecular weight is 437 g/mol. The summed E-state index contributed by atoms with van der Waals surface area (Å²) in [4.78, 5) is 13.3. The lowest BCUT2D eigenvalue weighted by Gasteiger charge is -2.36. The van der Waals surface area contributed by atoms with E-state index in [4.69, 9.17) is 5.73 Å². The molecule has 2 N–H and O–H groups in total. The highest BCUT2D eigenvalue weighted by atomic mass is 19.2. The lowest BCUT2D eigenvalue weighted by atomic mass is 10.2. The lowest BCUT2D eigenvalue weighted by Crippen LogP contribution is -2.47. The number of rotatable bonds is 4. The third kappa shape index (κ3) is 3.58. The van der Waals surface area contributed by atoms with Gasteiger partial charge in [0.05, 0.1) is 18.1 Å². The number of piperazine rings is 1. The Hall–Kier alpha value is -3.78. The van der Waals surface area contributed by atoms with Crippen molar-refractivity contribution in [3.05, 3.63) is 41.9 Å². The van der Waals surface area contributed by atoms with Crippen LogP contribution in [0.4, 0.5) is 20.4 Å². The number of hydrogen-bond acceptors (Lipinski definition) is 7. The Morgan fingerprint density at radius 3 is 2.59 bits per heavy atom. The molecule has 0 unspecified atom stereocenters. The molecule has 1 aromatic carbocycles. The number of fused-ring (bicyclic) bond motifs is 3. The standard InChI is InChI=1S/C21H21F2N9/c1-2-3-18-26-20-15-13-25-31(19(15)27-21(24)32(20)28-18)11-8-29-6-9-30(10-7-29)14-4-5-16(22)17(23)12-14/h4-5,12-13H,6-11H2,1H3,(H2,24,27). The molecule has 1 saturated heterocycles. The second kappa shape index (κ2) is 8.05. The van der Waals surface area contributed by atoms with Gasteiger partial charge in [-0.3, -0.25) is 4.90 Å². The minimum atomic E-state index is -0.828. The second-order valence-corrected chi connectivity index (χ2v) is 7.55. The number of benzene rings is 1. The zero-order chi connectivity index (χ0) is 22.2. The molecule has 32 heavy (non-hydrogen) atoms. The Morgan fingerprint density at radius 1 is 1.03 bits per heavy atom. The third-order valence-electron chi connectivity index (χ3n) is 5.60. The van der Waals surface area contributed by atoms with Gasteiger partial charge >= 0.3 is 0 Å². The lowest BCUT2D eigenvalue weighted by molar-refractivity contribution is 0.245. The van der Waals surface area contributed by atoms with Gasteiger partial charge in [0.15, 0.2) is 22.9 Å². The first-order chi connectivity index (χ1) is 15.5. The summed E-state index contributed by atoms with van der Waals surface area (Å²) in [5, 5.41) is 9.51. The zero-order valence-corrected chi connectivity index (χ0v) is 17.5. The predicted octanol–water partition coefficient (Wildman–Crippen LogP) is 1.53. The smallest absolute Gasteiger partial charge is 0.226 e. The Kier molecular flexibility index (Phi) is 5.07. The molecule has 0 aliphatic carbocycles. The van der Waals surface area contributed by atoms with Gasteiger partial charge in [-0.2, -0.15) is 19.6 Å². The van der Waals surface area contributed by atoms with Gasteiger partial charge in [0.25, 0.3) is 0 Å². The number of anilines is 2. The summed E-state index contributed by atoms with van der Waals surface area (Å²) in [7, 11) is 0. The van der Waals surface area contributed by atoms with Gasteiger partial charge in [-0.1, -0.05) is 5.92 Å². The number of hydrogen-bond donors (Lipinski definition) is 1. The fourth-order valence-corrected chi connectivity index (χ4v) is 3.93. The van der Waals surface area contributed by atoms with Crippen molar-refractivity contribution < 1.29 is 8.78 Å². The molecule has 1 aliphatic rings. The zero-order valence-electron chi connectivity index (χ0n) is 17.5. The summed E-state index contributed by atoms with van der Waals surface area (Å²) >= 11 is 0. The molecule has 0 radical (unpaired) electrons. The molecule has 0 saturated carbocycles. The maximum atomic E-state index is 13.5. The fraction of sp³-hybridized carbons (Fsp3) is 0.333. The molecule has 0 spiro atoms. The molecule has 0 bridgehead atoms. The van der Waals surface area contributed by atoms with Crippen LogP contribution in [0.25, 0.3) is 16.7 Å². The first-order valence-corrected chi connectivity index (χ1v) is 10.3. The van der Waals surface area contributed by atoms with E-state index in [1.807, 2.05) is 4.68 Å². The minimum Gasteiger partial charge on any atom is -0.369 e. The third-order valence-corrected chi connectivity index (χ3v) is 5.60. The van der Waals surface area contributed by atoms with Crippen molar-refractivity contribution >= 4 is 28.3 Å². The Bertz CT molecular complexity index is 1360. The number of aromatic nitrogens is 6. The molecule has 1 fully saturated rings. The Morgan fingerprint density at radius 2 is 1.84 bits per heavy atom. The Labute approximate surface area is 182 Å².